The molecule has 28 heavy (non-hydrogen) atoms. The molecule has 0 aliphatic carbocycles. The molecule has 3 aromatic carbocycles. The Bertz CT molecular complexity index is 922. The number of ether oxygens (including phenoxy) is 2. The van der Waals surface area contributed by atoms with Gasteiger partial charge in [-0.15, -0.1) is 0 Å². The van der Waals surface area contributed by atoms with Gasteiger partial charge in [0.05, 0.1) is 19.7 Å². The summed E-state index contributed by atoms with van der Waals surface area (Å²) in [5.74, 6) is 1.28. The van der Waals surface area contributed by atoms with Gasteiger partial charge in [0.2, 0.25) is 5.91 Å². The number of amides is 1. The molecular weight excluding hydrogens is 352 g/mol. The van der Waals surface area contributed by atoms with E-state index < -0.39 is 0 Å². The van der Waals surface area contributed by atoms with Crippen LogP contribution >= 0.6 is 0 Å². The molecule has 0 aliphatic rings. The van der Waals surface area contributed by atoms with Crippen LogP contribution in [-0.2, 0) is 17.8 Å². The van der Waals surface area contributed by atoms with Crippen LogP contribution in [0.25, 0.3) is 0 Å². The van der Waals surface area contributed by atoms with Crippen LogP contribution in [0.4, 0.5) is 0 Å². The fourth-order valence-corrected chi connectivity index (χ4v) is 2.60. The first-order valence-electron chi connectivity index (χ1n) is 8.95. The van der Waals surface area contributed by atoms with E-state index in [1.165, 1.54) is 0 Å². The summed E-state index contributed by atoms with van der Waals surface area (Å²) < 4.78 is 11.0. The highest BCUT2D eigenvalue weighted by Gasteiger charge is 2.04. The van der Waals surface area contributed by atoms with Gasteiger partial charge in [0.1, 0.15) is 18.1 Å². The van der Waals surface area contributed by atoms with Crippen molar-refractivity contribution in [3.8, 4) is 11.5 Å². The number of methoxy groups -OCH3 is 1. The Labute approximate surface area is 164 Å². The summed E-state index contributed by atoms with van der Waals surface area (Å²) in [5.41, 5.74) is 5.32. The van der Waals surface area contributed by atoms with E-state index >= 15 is 0 Å². The Morgan fingerprint density at radius 2 is 1.64 bits per heavy atom. The average molecular weight is 374 g/mol. The second-order valence-corrected chi connectivity index (χ2v) is 6.13. The third-order valence-corrected chi connectivity index (χ3v) is 4.07. The first kappa shape index (κ1) is 19.2. The summed E-state index contributed by atoms with van der Waals surface area (Å²) in [6, 6.07) is 24.9. The minimum Gasteiger partial charge on any atom is -0.497 e. The SMILES string of the molecule is COc1ccc(CC(=O)N/N=C\c2ccccc2OCc2ccccc2)cc1. The Hall–Kier alpha value is -3.60. The Balaban J connectivity index is 1.55. The van der Waals surface area contributed by atoms with Crippen LogP contribution in [0.3, 0.4) is 0 Å². The molecule has 1 amide bonds. The van der Waals surface area contributed by atoms with Crippen molar-refractivity contribution in [2.45, 2.75) is 13.0 Å². The first-order valence-corrected chi connectivity index (χ1v) is 8.95. The van der Waals surface area contributed by atoms with E-state index in [0.29, 0.717) is 12.4 Å². The summed E-state index contributed by atoms with van der Waals surface area (Å²) in [5, 5.41) is 4.06. The lowest BCUT2D eigenvalue weighted by molar-refractivity contribution is -0.120. The molecule has 3 aromatic rings. The van der Waals surface area contributed by atoms with Crippen LogP contribution in [0, 0.1) is 0 Å². The molecular formula is C23H22N2O3. The van der Waals surface area contributed by atoms with Crippen molar-refractivity contribution in [1.82, 2.24) is 5.43 Å². The Kier molecular flexibility index (Phi) is 6.79. The van der Waals surface area contributed by atoms with Crippen molar-refractivity contribution in [3.63, 3.8) is 0 Å². The zero-order valence-electron chi connectivity index (χ0n) is 15.7. The number of nitrogens with zero attached hydrogens (tertiary/aromatic N) is 1. The Morgan fingerprint density at radius 1 is 0.929 bits per heavy atom. The zero-order valence-corrected chi connectivity index (χ0v) is 15.7. The fourth-order valence-electron chi connectivity index (χ4n) is 2.60. The molecule has 0 radical (unpaired) electrons. The predicted octanol–water partition coefficient (Wildman–Crippen LogP) is 3.97. The third-order valence-electron chi connectivity index (χ3n) is 4.07. The van der Waals surface area contributed by atoms with Crippen LogP contribution in [0.5, 0.6) is 11.5 Å². The van der Waals surface area contributed by atoms with Crippen molar-refractivity contribution in [1.29, 1.82) is 0 Å². The van der Waals surface area contributed by atoms with Gasteiger partial charge in [-0.2, -0.15) is 5.10 Å². The van der Waals surface area contributed by atoms with Crippen LogP contribution in [0.1, 0.15) is 16.7 Å². The fraction of sp³-hybridized carbons (Fsp3) is 0.130. The number of hydrogen-bond acceptors (Lipinski definition) is 4. The van der Waals surface area contributed by atoms with E-state index in [-0.39, 0.29) is 12.3 Å². The number of carbonyl (C=O) groups is 1. The van der Waals surface area contributed by atoms with Gasteiger partial charge in [0.15, 0.2) is 0 Å². The molecule has 0 saturated heterocycles. The normalized spacial score (nSPS) is 10.6. The number of hydrogen-bond donors (Lipinski definition) is 1. The number of nitrogens with one attached hydrogen (secondary N) is 1. The number of hydrazone groups is 1. The van der Waals surface area contributed by atoms with Crippen molar-refractivity contribution < 1.29 is 14.3 Å². The second-order valence-electron chi connectivity index (χ2n) is 6.13. The van der Waals surface area contributed by atoms with Crippen molar-refractivity contribution in [2.75, 3.05) is 7.11 Å². The lowest BCUT2D eigenvalue weighted by Gasteiger charge is -2.09. The number of rotatable bonds is 8. The highest BCUT2D eigenvalue weighted by atomic mass is 16.5. The molecule has 3 rings (SSSR count). The van der Waals surface area contributed by atoms with Crippen LogP contribution in [0.15, 0.2) is 84.0 Å². The van der Waals surface area contributed by atoms with E-state index in [2.05, 4.69) is 10.5 Å². The Morgan fingerprint density at radius 3 is 2.39 bits per heavy atom. The van der Waals surface area contributed by atoms with Crippen molar-refractivity contribution in [3.05, 3.63) is 95.6 Å². The number of para-hydroxylation sites is 1. The van der Waals surface area contributed by atoms with Crippen LogP contribution < -0.4 is 14.9 Å². The zero-order chi connectivity index (χ0) is 19.6. The summed E-state index contributed by atoms with van der Waals surface area (Å²) in [7, 11) is 1.61. The average Bonchev–Trinajstić information content (AvgIpc) is 2.74. The topological polar surface area (TPSA) is 59.9 Å². The quantitative estimate of drug-likeness (QED) is 0.479. The largest absolute Gasteiger partial charge is 0.497 e. The second kappa shape index (κ2) is 9.92. The molecule has 0 heterocycles. The monoisotopic (exact) mass is 374 g/mol. The van der Waals surface area contributed by atoms with Gasteiger partial charge in [0.25, 0.3) is 0 Å². The minimum absolute atomic E-state index is 0.191. The summed E-state index contributed by atoms with van der Waals surface area (Å²) in [6.07, 6.45) is 1.83. The van der Waals surface area contributed by atoms with Crippen molar-refractivity contribution in [2.24, 2.45) is 5.10 Å². The molecule has 0 atom stereocenters. The maximum absolute atomic E-state index is 12.1. The predicted molar refractivity (Wildman–Crippen MR) is 110 cm³/mol. The van der Waals surface area contributed by atoms with Crippen LogP contribution in [0.2, 0.25) is 0 Å². The first-order chi connectivity index (χ1) is 13.7. The molecule has 0 fully saturated rings. The number of carbonyl (C=O) groups excluding carboxylic acids is 1. The van der Waals surface area contributed by atoms with Gasteiger partial charge in [0, 0.05) is 5.56 Å². The highest BCUT2D eigenvalue weighted by Crippen LogP contribution is 2.17. The molecule has 142 valence electrons. The lowest BCUT2D eigenvalue weighted by Crippen LogP contribution is -2.19. The molecule has 0 bridgehead atoms. The molecule has 1 N–H and O–H groups in total. The van der Waals surface area contributed by atoms with Gasteiger partial charge in [-0.25, -0.2) is 5.43 Å². The van der Waals surface area contributed by atoms with E-state index in [4.69, 9.17) is 9.47 Å². The van der Waals surface area contributed by atoms with E-state index in [9.17, 15) is 4.79 Å². The molecule has 5 heteroatoms. The molecule has 5 nitrogen and oxygen atoms in total. The summed E-state index contributed by atoms with van der Waals surface area (Å²) >= 11 is 0. The molecule has 0 spiro atoms. The molecule has 0 aliphatic heterocycles. The number of benzene rings is 3. The van der Waals surface area contributed by atoms with E-state index in [0.717, 1.165) is 22.4 Å². The highest BCUT2D eigenvalue weighted by molar-refractivity contribution is 5.85. The van der Waals surface area contributed by atoms with Crippen LogP contribution in [-0.4, -0.2) is 19.2 Å². The third kappa shape index (κ3) is 5.71. The van der Waals surface area contributed by atoms with Gasteiger partial charge in [-0.05, 0) is 35.4 Å². The summed E-state index contributed by atoms with van der Waals surface area (Å²) in [6.45, 7) is 0.468. The molecule has 0 saturated carbocycles. The maximum atomic E-state index is 12.1. The molecule has 0 aromatic heterocycles. The lowest BCUT2D eigenvalue weighted by atomic mass is 10.1. The van der Waals surface area contributed by atoms with E-state index in [1.54, 1.807) is 13.3 Å². The van der Waals surface area contributed by atoms with E-state index in [1.807, 2.05) is 78.9 Å². The van der Waals surface area contributed by atoms with Crippen molar-refractivity contribution >= 4 is 12.1 Å². The summed E-state index contributed by atoms with van der Waals surface area (Å²) in [4.78, 5) is 12.1. The molecule has 0 unspecified atom stereocenters. The van der Waals surface area contributed by atoms with Gasteiger partial charge < -0.3 is 9.47 Å². The minimum atomic E-state index is -0.191. The maximum Gasteiger partial charge on any atom is 0.244 e. The van der Waals surface area contributed by atoms with Gasteiger partial charge in [-0.1, -0.05) is 54.6 Å². The standard InChI is InChI=1S/C23H22N2O3/c1-27-21-13-11-18(12-14-21)15-23(26)25-24-16-20-9-5-6-10-22(20)28-17-19-7-3-2-4-8-19/h2-14,16H,15,17H2,1H3,(H,25,26)/b24-16-. The van der Waals surface area contributed by atoms with Gasteiger partial charge >= 0.3 is 0 Å². The van der Waals surface area contributed by atoms with Gasteiger partial charge in [-0.3, -0.25) is 4.79 Å². The smallest absolute Gasteiger partial charge is 0.244 e.